The number of hydrogen-bond acceptors (Lipinski definition) is 6. The third-order valence-electron chi connectivity index (χ3n) is 8.68. The molecular formula is C38H48FN5O3. The van der Waals surface area contributed by atoms with E-state index in [4.69, 9.17) is 4.74 Å². The summed E-state index contributed by atoms with van der Waals surface area (Å²) in [5, 5.41) is 10.6. The number of hydrogen-bond donors (Lipinski definition) is 3. The smallest absolute Gasteiger partial charge is 0.410 e. The van der Waals surface area contributed by atoms with Gasteiger partial charge in [-0.3, -0.25) is 10.2 Å². The summed E-state index contributed by atoms with van der Waals surface area (Å²) >= 11 is 0. The predicted molar refractivity (Wildman–Crippen MR) is 186 cm³/mol. The molecule has 0 aromatic heterocycles. The SMILES string of the molecule is CCCNN1CCC(C#Cc2ccc([C@@H](C)NC(=O)c3cc(NC4CN(C(=O)OC(C)(C)C)C4)ccc3C)c3ccccc23)C(F)C1. The van der Waals surface area contributed by atoms with E-state index in [0.29, 0.717) is 31.6 Å². The molecule has 3 atom stereocenters. The van der Waals surface area contributed by atoms with Crippen LogP contribution in [0.15, 0.2) is 54.6 Å². The van der Waals surface area contributed by atoms with E-state index in [1.807, 2.05) is 94.2 Å². The highest BCUT2D eigenvalue weighted by Gasteiger charge is 2.34. The van der Waals surface area contributed by atoms with E-state index < -0.39 is 11.8 Å². The molecule has 250 valence electrons. The summed E-state index contributed by atoms with van der Waals surface area (Å²) in [5.41, 5.74) is 6.89. The number of aryl methyl sites for hydroxylation is 1. The summed E-state index contributed by atoms with van der Waals surface area (Å²) < 4.78 is 20.4. The molecule has 2 aliphatic rings. The van der Waals surface area contributed by atoms with Crippen molar-refractivity contribution in [1.29, 1.82) is 0 Å². The topological polar surface area (TPSA) is 85.9 Å². The average molecular weight is 642 g/mol. The molecule has 0 aliphatic carbocycles. The van der Waals surface area contributed by atoms with Crippen molar-refractivity contribution in [2.24, 2.45) is 5.92 Å². The van der Waals surface area contributed by atoms with Gasteiger partial charge in [-0.25, -0.2) is 14.2 Å². The first-order chi connectivity index (χ1) is 22.4. The van der Waals surface area contributed by atoms with E-state index in [1.165, 1.54) is 0 Å². The molecule has 2 fully saturated rings. The molecule has 47 heavy (non-hydrogen) atoms. The second-order valence-corrected chi connectivity index (χ2v) is 13.7. The van der Waals surface area contributed by atoms with E-state index in [1.54, 1.807) is 4.90 Å². The van der Waals surface area contributed by atoms with E-state index in [2.05, 4.69) is 34.8 Å². The molecule has 5 rings (SSSR count). The molecule has 2 aliphatic heterocycles. The van der Waals surface area contributed by atoms with Crippen LogP contribution in [0.25, 0.3) is 10.8 Å². The van der Waals surface area contributed by atoms with Gasteiger partial charge in [-0.1, -0.05) is 55.2 Å². The van der Waals surface area contributed by atoms with Crippen LogP contribution in [0.2, 0.25) is 0 Å². The average Bonchev–Trinajstić information content (AvgIpc) is 3.00. The molecule has 2 amide bonds. The maximum Gasteiger partial charge on any atom is 0.410 e. The molecule has 2 saturated heterocycles. The Balaban J connectivity index is 1.24. The Morgan fingerprint density at radius 3 is 2.51 bits per heavy atom. The Morgan fingerprint density at radius 2 is 1.81 bits per heavy atom. The molecule has 3 aromatic carbocycles. The number of piperidine rings is 1. The van der Waals surface area contributed by atoms with Gasteiger partial charge in [0.05, 0.1) is 18.0 Å². The summed E-state index contributed by atoms with van der Waals surface area (Å²) in [6.45, 7) is 14.6. The summed E-state index contributed by atoms with van der Waals surface area (Å²) in [5.74, 6) is 6.05. The van der Waals surface area contributed by atoms with Crippen LogP contribution in [0.3, 0.4) is 0 Å². The second-order valence-electron chi connectivity index (χ2n) is 13.7. The number of halogens is 1. The summed E-state index contributed by atoms with van der Waals surface area (Å²) in [6.07, 6.45) is 0.377. The molecular weight excluding hydrogens is 593 g/mol. The molecule has 0 bridgehead atoms. The van der Waals surface area contributed by atoms with Crippen LogP contribution in [-0.4, -0.2) is 72.4 Å². The normalized spacial score (nSPS) is 19.3. The van der Waals surface area contributed by atoms with E-state index in [0.717, 1.165) is 52.7 Å². The number of likely N-dealkylation sites (tertiary alicyclic amines) is 1. The van der Waals surface area contributed by atoms with Gasteiger partial charge < -0.3 is 20.3 Å². The Hall–Kier alpha value is -4.13. The minimum absolute atomic E-state index is 0.0828. The Kier molecular flexibility index (Phi) is 10.7. The highest BCUT2D eigenvalue weighted by Crippen LogP contribution is 2.29. The largest absolute Gasteiger partial charge is 0.444 e. The van der Waals surface area contributed by atoms with Crippen LogP contribution in [0.4, 0.5) is 14.9 Å². The molecule has 0 spiro atoms. The molecule has 3 N–H and O–H groups in total. The number of ether oxygens (including phenoxy) is 1. The third-order valence-corrected chi connectivity index (χ3v) is 8.68. The van der Waals surface area contributed by atoms with Crippen molar-refractivity contribution >= 4 is 28.5 Å². The van der Waals surface area contributed by atoms with Crippen LogP contribution in [0, 0.1) is 24.7 Å². The fourth-order valence-electron chi connectivity index (χ4n) is 6.05. The number of carbonyl (C=O) groups excluding carboxylic acids is 2. The van der Waals surface area contributed by atoms with Crippen LogP contribution >= 0.6 is 0 Å². The van der Waals surface area contributed by atoms with Gasteiger partial charge >= 0.3 is 6.09 Å². The van der Waals surface area contributed by atoms with Gasteiger partial charge in [-0.15, -0.1) is 0 Å². The lowest BCUT2D eigenvalue weighted by Crippen LogP contribution is -2.57. The number of nitrogens with one attached hydrogen (secondary N) is 3. The highest BCUT2D eigenvalue weighted by atomic mass is 19.1. The molecule has 0 saturated carbocycles. The number of nitrogens with zero attached hydrogens (tertiary/aromatic N) is 2. The van der Waals surface area contributed by atoms with Crippen LogP contribution in [0.1, 0.15) is 80.6 Å². The zero-order chi connectivity index (χ0) is 33.7. The van der Waals surface area contributed by atoms with Gasteiger partial charge in [-0.05, 0) is 87.6 Å². The quantitative estimate of drug-likeness (QED) is 0.241. The molecule has 0 radical (unpaired) electrons. The number of benzene rings is 3. The minimum Gasteiger partial charge on any atom is -0.444 e. The van der Waals surface area contributed by atoms with Crippen molar-refractivity contribution in [1.82, 2.24) is 20.7 Å². The fourth-order valence-corrected chi connectivity index (χ4v) is 6.05. The first-order valence-electron chi connectivity index (χ1n) is 16.7. The van der Waals surface area contributed by atoms with Crippen LogP contribution < -0.4 is 16.1 Å². The maximum absolute atomic E-state index is 15.0. The Labute approximate surface area is 278 Å². The zero-order valence-electron chi connectivity index (χ0n) is 28.5. The summed E-state index contributed by atoms with van der Waals surface area (Å²) in [7, 11) is 0. The van der Waals surface area contributed by atoms with Crippen molar-refractivity contribution < 1.29 is 18.7 Å². The Morgan fingerprint density at radius 1 is 1.06 bits per heavy atom. The number of amides is 2. The van der Waals surface area contributed by atoms with E-state index >= 15 is 0 Å². The lowest BCUT2D eigenvalue weighted by molar-refractivity contribution is 0.0105. The lowest BCUT2D eigenvalue weighted by atomic mass is 9.93. The lowest BCUT2D eigenvalue weighted by Gasteiger charge is -2.40. The highest BCUT2D eigenvalue weighted by molar-refractivity contribution is 5.97. The second kappa shape index (κ2) is 14.7. The number of rotatable bonds is 8. The van der Waals surface area contributed by atoms with Crippen molar-refractivity contribution in [3.05, 3.63) is 76.9 Å². The molecule has 8 nitrogen and oxygen atoms in total. The molecule has 9 heteroatoms. The van der Waals surface area contributed by atoms with Gasteiger partial charge in [0.25, 0.3) is 5.91 Å². The van der Waals surface area contributed by atoms with Gasteiger partial charge in [0.2, 0.25) is 0 Å². The van der Waals surface area contributed by atoms with Crippen molar-refractivity contribution in [3.8, 4) is 11.8 Å². The van der Waals surface area contributed by atoms with Gasteiger partial charge in [-0.2, -0.15) is 0 Å². The standard InChI is InChI=1S/C38H48FN5O3/c1-7-19-40-44-20-18-28(35(39)24-44)14-13-27-15-17-31(33-11-9-8-10-32(27)33)26(3)41-36(45)34-21-29(16-12-25(34)2)42-30-22-43(23-30)37(46)47-38(4,5)6/h8-12,15-17,21,26,28,30,35,40,42H,7,18-20,22-24H2,1-6H3,(H,41,45)/t26-,28?,35?/m1/s1. The first-order valence-corrected chi connectivity index (χ1v) is 16.7. The summed E-state index contributed by atoms with van der Waals surface area (Å²) in [4.78, 5) is 27.5. The van der Waals surface area contributed by atoms with Crippen molar-refractivity contribution in [2.45, 2.75) is 78.2 Å². The Bertz CT molecular complexity index is 1650. The number of carbonyl (C=O) groups is 2. The van der Waals surface area contributed by atoms with Gasteiger partial charge in [0.1, 0.15) is 11.8 Å². The fraction of sp³-hybridized carbons (Fsp3) is 0.474. The molecule has 2 heterocycles. The monoisotopic (exact) mass is 641 g/mol. The number of anilines is 1. The van der Waals surface area contributed by atoms with Gasteiger partial charge in [0, 0.05) is 49.5 Å². The number of alkyl halides is 1. The summed E-state index contributed by atoms with van der Waals surface area (Å²) in [6, 6.07) is 17.6. The van der Waals surface area contributed by atoms with Crippen molar-refractivity contribution in [2.75, 3.05) is 38.0 Å². The third kappa shape index (κ3) is 8.62. The molecule has 3 aromatic rings. The number of fused-ring (bicyclic) bond motifs is 1. The predicted octanol–water partition coefficient (Wildman–Crippen LogP) is 6.60. The van der Waals surface area contributed by atoms with Crippen molar-refractivity contribution in [3.63, 3.8) is 0 Å². The minimum atomic E-state index is -1.00. The first kappa shape index (κ1) is 34.2. The van der Waals surface area contributed by atoms with E-state index in [9.17, 15) is 14.0 Å². The van der Waals surface area contributed by atoms with E-state index in [-0.39, 0.29) is 30.0 Å². The van der Waals surface area contributed by atoms with Gasteiger partial charge in [0.15, 0.2) is 0 Å². The van der Waals surface area contributed by atoms with Crippen LogP contribution in [0.5, 0.6) is 0 Å². The zero-order valence-corrected chi connectivity index (χ0v) is 28.5. The van der Waals surface area contributed by atoms with Crippen LogP contribution in [-0.2, 0) is 4.74 Å². The molecule has 2 unspecified atom stereocenters. The maximum atomic E-state index is 15.0. The number of hydrazine groups is 1.